The van der Waals surface area contributed by atoms with E-state index in [4.69, 9.17) is 5.84 Å². The fourth-order valence-electron chi connectivity index (χ4n) is 4.53. The molecule has 0 spiro atoms. The summed E-state index contributed by atoms with van der Waals surface area (Å²) in [5.74, 6) is 7.07. The summed E-state index contributed by atoms with van der Waals surface area (Å²) in [5.41, 5.74) is 2.87. The quantitative estimate of drug-likeness (QED) is 0.534. The Morgan fingerprint density at radius 1 is 0.944 bits per heavy atom. The van der Waals surface area contributed by atoms with Gasteiger partial charge in [-0.25, -0.2) is 0 Å². The van der Waals surface area contributed by atoms with Gasteiger partial charge < -0.3 is 5.11 Å². The lowest BCUT2D eigenvalue weighted by Crippen LogP contribution is -2.66. The van der Waals surface area contributed by atoms with Gasteiger partial charge in [-0.1, -0.05) is 38.5 Å². The second-order valence-electron chi connectivity index (χ2n) is 6.42. The van der Waals surface area contributed by atoms with Crippen LogP contribution in [0.2, 0.25) is 0 Å². The molecule has 2 rings (SSSR count). The van der Waals surface area contributed by atoms with Crippen LogP contribution in [0.1, 0.15) is 71.1 Å². The fraction of sp³-hybridized carbons (Fsp3) is 1.00. The molecule has 2 fully saturated rings. The lowest BCUT2D eigenvalue weighted by Gasteiger charge is -2.50. The molecule has 1 unspecified atom stereocenters. The molecule has 0 aliphatic heterocycles. The van der Waals surface area contributed by atoms with Crippen molar-refractivity contribution in [1.29, 1.82) is 0 Å². The van der Waals surface area contributed by atoms with Crippen LogP contribution in [0.5, 0.6) is 0 Å². The molecule has 3 nitrogen and oxygen atoms in total. The topological polar surface area (TPSA) is 58.3 Å². The van der Waals surface area contributed by atoms with E-state index in [1.165, 1.54) is 64.2 Å². The van der Waals surface area contributed by atoms with Crippen molar-refractivity contribution in [2.24, 2.45) is 17.7 Å². The van der Waals surface area contributed by atoms with Crippen molar-refractivity contribution in [1.82, 2.24) is 5.43 Å². The average Bonchev–Trinajstić information content (AvgIpc) is 2.42. The van der Waals surface area contributed by atoms with Gasteiger partial charge in [0.25, 0.3) is 0 Å². The molecule has 18 heavy (non-hydrogen) atoms. The SMILES string of the molecule is CC(O)C(NN)(C1CCCCC1)C1CCCCC1. The van der Waals surface area contributed by atoms with Crippen molar-refractivity contribution in [3.05, 3.63) is 0 Å². The lowest BCUT2D eigenvalue weighted by atomic mass is 9.62. The molecule has 0 aromatic rings. The predicted octanol–water partition coefficient (Wildman–Crippen LogP) is 2.73. The highest BCUT2D eigenvalue weighted by atomic mass is 16.3. The summed E-state index contributed by atoms with van der Waals surface area (Å²) in [4.78, 5) is 0. The molecule has 1 atom stereocenters. The minimum absolute atomic E-state index is 0.235. The molecule has 2 aliphatic carbocycles. The minimum atomic E-state index is -0.353. The monoisotopic (exact) mass is 254 g/mol. The zero-order valence-corrected chi connectivity index (χ0v) is 11.8. The third-order valence-electron chi connectivity index (χ3n) is 5.50. The third-order valence-corrected chi connectivity index (χ3v) is 5.50. The summed E-state index contributed by atoms with van der Waals surface area (Å²) in [6.45, 7) is 1.93. The highest BCUT2D eigenvalue weighted by Gasteiger charge is 2.48. The number of hydrazine groups is 1. The number of nitrogens with two attached hydrogens (primary N) is 1. The Morgan fingerprint density at radius 2 is 1.33 bits per heavy atom. The van der Waals surface area contributed by atoms with Crippen LogP contribution in [0.25, 0.3) is 0 Å². The number of nitrogens with one attached hydrogen (secondary N) is 1. The Hall–Kier alpha value is -0.120. The van der Waals surface area contributed by atoms with E-state index >= 15 is 0 Å². The number of aliphatic hydroxyl groups is 1. The molecule has 0 amide bonds. The van der Waals surface area contributed by atoms with Gasteiger partial charge in [0.05, 0.1) is 11.6 Å². The van der Waals surface area contributed by atoms with Crippen molar-refractivity contribution < 1.29 is 5.11 Å². The minimum Gasteiger partial charge on any atom is -0.391 e. The summed E-state index contributed by atoms with van der Waals surface area (Å²) >= 11 is 0. The van der Waals surface area contributed by atoms with E-state index < -0.39 is 0 Å². The molecule has 0 saturated heterocycles. The van der Waals surface area contributed by atoms with Gasteiger partial charge in [-0.15, -0.1) is 0 Å². The number of hydrogen-bond donors (Lipinski definition) is 3. The first-order valence-corrected chi connectivity index (χ1v) is 7.87. The van der Waals surface area contributed by atoms with E-state index in [1.54, 1.807) is 0 Å². The van der Waals surface area contributed by atoms with Crippen LogP contribution in [-0.2, 0) is 0 Å². The van der Waals surface area contributed by atoms with Crippen LogP contribution >= 0.6 is 0 Å². The molecule has 4 N–H and O–H groups in total. The summed E-state index contributed by atoms with van der Waals surface area (Å²) in [7, 11) is 0. The van der Waals surface area contributed by atoms with Crippen LogP contribution in [0, 0.1) is 11.8 Å². The molecular formula is C15H30N2O. The van der Waals surface area contributed by atoms with Gasteiger partial charge in [0.1, 0.15) is 0 Å². The Bertz CT molecular complexity index is 225. The molecule has 0 radical (unpaired) electrons. The molecule has 0 aromatic carbocycles. The first kappa shape index (κ1) is 14.3. The van der Waals surface area contributed by atoms with Gasteiger partial charge in [-0.3, -0.25) is 11.3 Å². The van der Waals surface area contributed by atoms with Crippen LogP contribution in [-0.4, -0.2) is 16.7 Å². The van der Waals surface area contributed by atoms with Crippen LogP contribution in [0.15, 0.2) is 0 Å². The molecule has 0 heterocycles. The van der Waals surface area contributed by atoms with E-state index in [1.807, 2.05) is 6.92 Å². The van der Waals surface area contributed by atoms with Gasteiger partial charge >= 0.3 is 0 Å². The molecule has 0 bridgehead atoms. The van der Waals surface area contributed by atoms with Crippen molar-refractivity contribution in [3.63, 3.8) is 0 Å². The first-order chi connectivity index (χ1) is 8.71. The lowest BCUT2D eigenvalue weighted by molar-refractivity contribution is -0.0346. The molecule has 0 aromatic heterocycles. The van der Waals surface area contributed by atoms with Crippen LogP contribution in [0.3, 0.4) is 0 Å². The van der Waals surface area contributed by atoms with Gasteiger partial charge in [0.2, 0.25) is 0 Å². The Labute approximate surface area is 111 Å². The van der Waals surface area contributed by atoms with E-state index in [2.05, 4.69) is 5.43 Å². The largest absolute Gasteiger partial charge is 0.391 e. The first-order valence-electron chi connectivity index (χ1n) is 7.87. The van der Waals surface area contributed by atoms with E-state index in [-0.39, 0.29) is 11.6 Å². The molecule has 2 saturated carbocycles. The third kappa shape index (κ3) is 2.59. The zero-order chi connectivity index (χ0) is 13.0. The molecule has 106 valence electrons. The number of rotatable bonds is 4. The van der Waals surface area contributed by atoms with E-state index in [0.29, 0.717) is 11.8 Å². The second kappa shape index (κ2) is 6.36. The van der Waals surface area contributed by atoms with Crippen molar-refractivity contribution in [2.75, 3.05) is 0 Å². The second-order valence-corrected chi connectivity index (χ2v) is 6.42. The normalized spacial score (nSPS) is 26.2. The Morgan fingerprint density at radius 3 is 1.61 bits per heavy atom. The highest BCUT2D eigenvalue weighted by Crippen LogP contribution is 2.44. The zero-order valence-electron chi connectivity index (χ0n) is 11.8. The summed E-state index contributed by atoms with van der Waals surface area (Å²) in [6, 6.07) is 0. The van der Waals surface area contributed by atoms with Crippen molar-refractivity contribution in [2.45, 2.75) is 82.8 Å². The van der Waals surface area contributed by atoms with Crippen LogP contribution in [0.4, 0.5) is 0 Å². The van der Waals surface area contributed by atoms with Crippen LogP contribution < -0.4 is 11.3 Å². The average molecular weight is 254 g/mol. The Balaban J connectivity index is 2.19. The maximum atomic E-state index is 10.4. The summed E-state index contributed by atoms with van der Waals surface area (Å²) in [5, 5.41) is 10.4. The molecule has 3 heteroatoms. The molecular weight excluding hydrogens is 224 g/mol. The van der Waals surface area contributed by atoms with Gasteiger partial charge in [-0.2, -0.15) is 0 Å². The standard InChI is InChI=1S/C15H30N2O/c1-12(18)15(17-16,13-8-4-2-5-9-13)14-10-6-3-7-11-14/h12-14,17-18H,2-11,16H2,1H3. The van der Waals surface area contributed by atoms with Gasteiger partial charge in [0, 0.05) is 0 Å². The number of aliphatic hydroxyl groups excluding tert-OH is 1. The van der Waals surface area contributed by atoms with E-state index in [0.717, 1.165) is 0 Å². The number of hydrogen-bond acceptors (Lipinski definition) is 3. The van der Waals surface area contributed by atoms with Crippen molar-refractivity contribution in [3.8, 4) is 0 Å². The van der Waals surface area contributed by atoms with E-state index in [9.17, 15) is 5.11 Å². The highest BCUT2D eigenvalue weighted by molar-refractivity contribution is 5.03. The fourth-order valence-corrected chi connectivity index (χ4v) is 4.53. The smallest absolute Gasteiger partial charge is 0.0712 e. The Kier molecular flexibility index (Phi) is 5.05. The maximum absolute atomic E-state index is 10.4. The van der Waals surface area contributed by atoms with Crippen molar-refractivity contribution >= 4 is 0 Å². The van der Waals surface area contributed by atoms with Gasteiger partial charge in [-0.05, 0) is 44.4 Å². The molecule has 2 aliphatic rings. The summed E-state index contributed by atoms with van der Waals surface area (Å²) in [6.07, 6.45) is 12.5. The predicted molar refractivity (Wildman–Crippen MR) is 74.9 cm³/mol. The maximum Gasteiger partial charge on any atom is 0.0712 e. The van der Waals surface area contributed by atoms with Gasteiger partial charge in [0.15, 0.2) is 0 Å². The summed E-state index contributed by atoms with van der Waals surface area (Å²) < 4.78 is 0.